The molecule has 0 radical (unpaired) electrons. The van der Waals surface area contributed by atoms with E-state index in [1.54, 1.807) is 0 Å². The predicted molar refractivity (Wildman–Crippen MR) is 67.7 cm³/mol. The lowest BCUT2D eigenvalue weighted by Gasteiger charge is -2.35. The Bertz CT molecular complexity index is 612. The molecule has 1 unspecified atom stereocenters. The lowest BCUT2D eigenvalue weighted by molar-refractivity contribution is -0.316. The fraction of sp³-hybridized carbons (Fsp3) is 0.308. The molecule has 1 N–H and O–H groups in total. The van der Waals surface area contributed by atoms with Crippen LogP contribution in [0.15, 0.2) is 23.8 Å². The van der Waals surface area contributed by atoms with Gasteiger partial charge in [-0.05, 0) is 31.2 Å². The van der Waals surface area contributed by atoms with E-state index in [1.807, 2.05) is 0 Å². The van der Waals surface area contributed by atoms with E-state index < -0.39 is 23.5 Å². The molecule has 0 aliphatic carbocycles. The lowest BCUT2D eigenvalue weighted by atomic mass is 9.98. The van der Waals surface area contributed by atoms with Gasteiger partial charge in [0.2, 0.25) is 0 Å². The predicted octanol–water partition coefficient (Wildman–Crippen LogP) is 2.93. The summed E-state index contributed by atoms with van der Waals surface area (Å²) in [5, 5.41) is 10.1. The molecule has 0 aromatic heterocycles. The summed E-state index contributed by atoms with van der Waals surface area (Å²) in [6, 6.07) is 3.79. The van der Waals surface area contributed by atoms with Gasteiger partial charge in [-0.2, -0.15) is 13.2 Å². The van der Waals surface area contributed by atoms with Crippen LogP contribution in [-0.4, -0.2) is 29.6 Å². The van der Waals surface area contributed by atoms with Crippen molar-refractivity contribution in [3.63, 3.8) is 0 Å². The number of fused-ring (bicyclic) bond motifs is 1. The molecule has 8 heteroatoms. The summed E-state index contributed by atoms with van der Waals surface area (Å²) in [7, 11) is 0. The Balaban J connectivity index is 2.59. The highest BCUT2D eigenvalue weighted by atomic mass is 35.5. The van der Waals surface area contributed by atoms with Crippen molar-refractivity contribution in [1.82, 2.24) is 0 Å². The summed E-state index contributed by atoms with van der Waals surface area (Å²) in [6.07, 6.45) is -4.36. The highest BCUT2D eigenvalue weighted by Gasteiger charge is 2.63. The number of hydrogen-bond donors (Lipinski definition) is 1. The van der Waals surface area contributed by atoms with E-state index in [1.165, 1.54) is 25.1 Å². The van der Waals surface area contributed by atoms with Gasteiger partial charge in [-0.3, -0.25) is 0 Å². The third-order valence-corrected chi connectivity index (χ3v) is 3.01. The minimum Gasteiger partial charge on any atom is -0.462 e. The van der Waals surface area contributed by atoms with Crippen LogP contribution < -0.4 is 4.74 Å². The second-order valence-electron chi connectivity index (χ2n) is 4.20. The highest BCUT2D eigenvalue weighted by molar-refractivity contribution is 6.30. The average molecular weight is 323 g/mol. The maximum atomic E-state index is 13.1. The van der Waals surface area contributed by atoms with Crippen LogP contribution in [0.3, 0.4) is 0 Å². The topological polar surface area (TPSA) is 55.8 Å². The third-order valence-electron chi connectivity index (χ3n) is 2.77. The first kappa shape index (κ1) is 15.7. The van der Waals surface area contributed by atoms with E-state index in [2.05, 4.69) is 9.47 Å². The molecule has 0 bridgehead atoms. The van der Waals surface area contributed by atoms with Crippen molar-refractivity contribution in [3.8, 4) is 5.75 Å². The van der Waals surface area contributed by atoms with Crippen molar-refractivity contribution in [2.45, 2.75) is 18.9 Å². The van der Waals surface area contributed by atoms with Gasteiger partial charge in [0.25, 0.3) is 0 Å². The van der Waals surface area contributed by atoms with Gasteiger partial charge in [0.15, 0.2) is 0 Å². The summed E-state index contributed by atoms with van der Waals surface area (Å²) in [6.45, 7) is 1.28. The van der Waals surface area contributed by atoms with Gasteiger partial charge in [0, 0.05) is 10.6 Å². The Hall–Kier alpha value is -1.73. The Morgan fingerprint density at radius 1 is 1.48 bits per heavy atom. The maximum Gasteiger partial charge on any atom is 0.460 e. The molecule has 4 nitrogen and oxygen atoms in total. The van der Waals surface area contributed by atoms with Crippen LogP contribution in [0.1, 0.15) is 12.5 Å². The number of halogens is 4. The van der Waals surface area contributed by atoms with Gasteiger partial charge < -0.3 is 14.6 Å². The van der Waals surface area contributed by atoms with Crippen LogP contribution in [0.5, 0.6) is 5.75 Å². The zero-order valence-corrected chi connectivity index (χ0v) is 11.5. The maximum absolute atomic E-state index is 13.1. The molecular formula is C13H10ClF3O4. The zero-order valence-electron chi connectivity index (χ0n) is 10.7. The zero-order chi connectivity index (χ0) is 15.8. The van der Waals surface area contributed by atoms with Gasteiger partial charge in [-0.25, -0.2) is 4.79 Å². The number of esters is 1. The van der Waals surface area contributed by atoms with Crippen molar-refractivity contribution < 1.29 is 32.5 Å². The van der Waals surface area contributed by atoms with Crippen molar-refractivity contribution in [1.29, 1.82) is 0 Å². The highest BCUT2D eigenvalue weighted by Crippen LogP contribution is 2.44. The van der Waals surface area contributed by atoms with Crippen LogP contribution in [0.4, 0.5) is 13.2 Å². The molecule has 1 aliphatic rings. The molecule has 0 fully saturated rings. The fourth-order valence-electron chi connectivity index (χ4n) is 1.81. The van der Waals surface area contributed by atoms with E-state index >= 15 is 0 Å². The SMILES string of the molecule is CCOC(=O)C1=Cc2cc(Cl)ccc2OC1(O)C(F)(F)F. The molecule has 0 saturated heterocycles. The van der Waals surface area contributed by atoms with E-state index in [0.717, 1.165) is 6.08 Å². The first-order chi connectivity index (χ1) is 9.69. The summed E-state index contributed by atoms with van der Waals surface area (Å²) in [4.78, 5) is 11.7. The number of hydrogen-bond acceptors (Lipinski definition) is 4. The summed E-state index contributed by atoms with van der Waals surface area (Å²) >= 11 is 5.74. The van der Waals surface area contributed by atoms with E-state index in [9.17, 15) is 23.1 Å². The summed E-state index contributed by atoms with van der Waals surface area (Å²) < 4.78 is 48.5. The Labute approximate surface area is 122 Å². The third kappa shape index (κ3) is 2.71. The standard InChI is InChI=1S/C13H10ClF3O4/c1-2-20-11(18)9-6-7-5-8(14)3-4-10(7)21-12(9,19)13(15,16)17/h3-6,19H,2H2,1H3. The minimum absolute atomic E-state index is 0.138. The number of ether oxygens (including phenoxy) is 2. The number of carbonyl (C=O) groups is 1. The van der Waals surface area contributed by atoms with Crippen molar-refractivity contribution in [2.24, 2.45) is 0 Å². The molecule has 21 heavy (non-hydrogen) atoms. The Kier molecular flexibility index (Phi) is 3.90. The first-order valence-corrected chi connectivity index (χ1v) is 6.24. The average Bonchev–Trinajstić information content (AvgIpc) is 2.37. The molecule has 1 aromatic rings. The van der Waals surface area contributed by atoms with Crippen LogP contribution in [0, 0.1) is 0 Å². The van der Waals surface area contributed by atoms with Crippen LogP contribution in [-0.2, 0) is 9.53 Å². The number of aliphatic hydroxyl groups is 1. The summed E-state index contributed by atoms with van der Waals surface area (Å²) in [5.41, 5.74) is -0.911. The minimum atomic E-state index is -5.22. The Morgan fingerprint density at radius 2 is 2.14 bits per heavy atom. The molecule has 0 saturated carbocycles. The molecule has 2 rings (SSSR count). The number of rotatable bonds is 2. The van der Waals surface area contributed by atoms with Gasteiger partial charge in [0.05, 0.1) is 6.61 Å². The molecular weight excluding hydrogens is 313 g/mol. The first-order valence-electron chi connectivity index (χ1n) is 5.86. The van der Waals surface area contributed by atoms with E-state index in [0.29, 0.717) is 0 Å². The summed E-state index contributed by atoms with van der Waals surface area (Å²) in [5.74, 6) is -5.32. The number of carbonyl (C=O) groups excluding carboxylic acids is 1. The smallest absolute Gasteiger partial charge is 0.460 e. The van der Waals surface area contributed by atoms with Crippen molar-refractivity contribution in [3.05, 3.63) is 34.4 Å². The molecule has 1 aliphatic heterocycles. The second-order valence-corrected chi connectivity index (χ2v) is 4.64. The van der Waals surface area contributed by atoms with Gasteiger partial charge in [0.1, 0.15) is 11.3 Å². The number of alkyl halides is 3. The molecule has 1 atom stereocenters. The molecule has 0 spiro atoms. The molecule has 1 aromatic carbocycles. The van der Waals surface area contributed by atoms with Gasteiger partial charge in [-0.1, -0.05) is 11.6 Å². The Morgan fingerprint density at radius 3 is 2.71 bits per heavy atom. The fourth-order valence-corrected chi connectivity index (χ4v) is 1.99. The van der Waals surface area contributed by atoms with Crippen molar-refractivity contribution >= 4 is 23.6 Å². The molecule has 114 valence electrons. The quantitative estimate of drug-likeness (QED) is 0.851. The monoisotopic (exact) mass is 322 g/mol. The molecule has 1 heterocycles. The largest absolute Gasteiger partial charge is 0.462 e. The van der Waals surface area contributed by atoms with Crippen LogP contribution in [0.2, 0.25) is 5.02 Å². The normalized spacial score (nSPS) is 21.1. The van der Waals surface area contributed by atoms with Gasteiger partial charge >= 0.3 is 17.9 Å². The van der Waals surface area contributed by atoms with E-state index in [-0.39, 0.29) is 22.9 Å². The number of benzene rings is 1. The van der Waals surface area contributed by atoms with E-state index in [4.69, 9.17) is 11.6 Å². The molecule has 0 amide bonds. The van der Waals surface area contributed by atoms with Gasteiger partial charge in [-0.15, -0.1) is 0 Å². The lowest BCUT2D eigenvalue weighted by Crippen LogP contribution is -2.55. The van der Waals surface area contributed by atoms with Crippen molar-refractivity contribution in [2.75, 3.05) is 6.61 Å². The van der Waals surface area contributed by atoms with Crippen LogP contribution in [0.25, 0.3) is 6.08 Å². The van der Waals surface area contributed by atoms with Crippen LogP contribution >= 0.6 is 11.6 Å². The second kappa shape index (κ2) is 5.23.